The third-order valence-corrected chi connectivity index (χ3v) is 2.90. The minimum Gasteiger partial charge on any atom is -0.0950 e. The Hall–Kier alpha value is -0.520. The lowest BCUT2D eigenvalue weighted by Crippen LogP contribution is -2.12. The van der Waals surface area contributed by atoms with Crippen LogP contribution in [0.15, 0.2) is 23.8 Å². The van der Waals surface area contributed by atoms with E-state index >= 15 is 0 Å². The van der Waals surface area contributed by atoms with E-state index in [0.717, 1.165) is 0 Å². The van der Waals surface area contributed by atoms with Crippen LogP contribution < -0.4 is 0 Å². The second kappa shape index (κ2) is 4.33. The summed E-state index contributed by atoms with van der Waals surface area (Å²) >= 11 is 0. The third kappa shape index (κ3) is 4.13. The largest absolute Gasteiger partial charge is 0.0950 e. The lowest BCUT2D eigenvalue weighted by Gasteiger charge is -2.26. The molecule has 0 aliphatic carbocycles. The fraction of sp³-hybridized carbons (Fsp3) is 0.714. The van der Waals surface area contributed by atoms with E-state index in [-0.39, 0.29) is 10.8 Å². The van der Waals surface area contributed by atoms with Crippen molar-refractivity contribution in [1.29, 1.82) is 0 Å². The topological polar surface area (TPSA) is 0 Å². The molecule has 0 heterocycles. The molecule has 0 aliphatic heterocycles. The quantitative estimate of drug-likeness (QED) is 0.556. The average molecular weight is 194 g/mol. The van der Waals surface area contributed by atoms with Gasteiger partial charge in [-0.05, 0) is 29.7 Å². The van der Waals surface area contributed by atoms with Crippen LogP contribution in [0.4, 0.5) is 0 Å². The summed E-state index contributed by atoms with van der Waals surface area (Å²) in [6, 6.07) is 0. The van der Waals surface area contributed by atoms with Crippen molar-refractivity contribution >= 4 is 0 Å². The fourth-order valence-electron chi connectivity index (χ4n) is 1.37. The fourth-order valence-corrected chi connectivity index (χ4v) is 1.37. The molecule has 0 aromatic heterocycles. The molecule has 0 rings (SSSR count). The predicted molar refractivity (Wildman–Crippen MR) is 66.4 cm³/mol. The number of hydrogen-bond donors (Lipinski definition) is 0. The molecule has 0 spiro atoms. The maximum absolute atomic E-state index is 4.18. The van der Waals surface area contributed by atoms with Crippen molar-refractivity contribution in [3.8, 4) is 0 Å². The molecule has 0 atom stereocenters. The van der Waals surface area contributed by atoms with Crippen LogP contribution in [-0.2, 0) is 0 Å². The van der Waals surface area contributed by atoms with Crippen LogP contribution in [0.5, 0.6) is 0 Å². The lowest BCUT2D eigenvalue weighted by atomic mass is 9.80. The molecule has 0 bridgehead atoms. The summed E-state index contributed by atoms with van der Waals surface area (Å²) in [4.78, 5) is 0. The SMILES string of the molecule is C=C(/C(C)=C/C(C)(C)CC)C(C)(C)C. The van der Waals surface area contributed by atoms with E-state index in [1.165, 1.54) is 17.6 Å². The van der Waals surface area contributed by atoms with Crippen LogP contribution in [0.25, 0.3) is 0 Å². The molecule has 82 valence electrons. The molecular weight excluding hydrogens is 168 g/mol. The molecule has 0 aromatic rings. The van der Waals surface area contributed by atoms with Gasteiger partial charge in [0.05, 0.1) is 0 Å². The average Bonchev–Trinajstić information content (AvgIpc) is 2.00. The summed E-state index contributed by atoms with van der Waals surface area (Å²) < 4.78 is 0. The Balaban J connectivity index is 4.80. The molecule has 0 amide bonds. The van der Waals surface area contributed by atoms with Crippen molar-refractivity contribution in [2.45, 2.75) is 54.9 Å². The van der Waals surface area contributed by atoms with E-state index in [9.17, 15) is 0 Å². The zero-order valence-corrected chi connectivity index (χ0v) is 11.0. The molecular formula is C14H26. The smallest absolute Gasteiger partial charge is 0.0135 e. The van der Waals surface area contributed by atoms with Crippen molar-refractivity contribution < 1.29 is 0 Å². The van der Waals surface area contributed by atoms with Gasteiger partial charge in [0.15, 0.2) is 0 Å². The molecule has 0 fully saturated rings. The highest BCUT2D eigenvalue weighted by Gasteiger charge is 2.18. The van der Waals surface area contributed by atoms with E-state index in [1.807, 2.05) is 0 Å². The Morgan fingerprint density at radius 2 is 1.57 bits per heavy atom. The Kier molecular flexibility index (Phi) is 4.17. The van der Waals surface area contributed by atoms with Gasteiger partial charge in [-0.1, -0.05) is 59.8 Å². The number of allylic oxidation sites excluding steroid dienone is 3. The highest BCUT2D eigenvalue weighted by atomic mass is 14.2. The first-order valence-corrected chi connectivity index (χ1v) is 5.49. The predicted octanol–water partition coefficient (Wildman–Crippen LogP) is 4.97. The Morgan fingerprint density at radius 3 is 1.86 bits per heavy atom. The van der Waals surface area contributed by atoms with Crippen LogP contribution in [0.3, 0.4) is 0 Å². The molecule has 14 heavy (non-hydrogen) atoms. The van der Waals surface area contributed by atoms with Crippen molar-refractivity contribution in [1.82, 2.24) is 0 Å². The first-order valence-electron chi connectivity index (χ1n) is 5.49. The van der Waals surface area contributed by atoms with Gasteiger partial charge in [0.2, 0.25) is 0 Å². The highest BCUT2D eigenvalue weighted by Crippen LogP contribution is 2.32. The van der Waals surface area contributed by atoms with E-state index in [2.05, 4.69) is 61.1 Å². The number of rotatable bonds is 3. The monoisotopic (exact) mass is 194 g/mol. The van der Waals surface area contributed by atoms with Gasteiger partial charge in [0, 0.05) is 0 Å². The summed E-state index contributed by atoms with van der Waals surface area (Å²) in [7, 11) is 0. The minimum atomic E-state index is 0.185. The molecule has 0 heteroatoms. The van der Waals surface area contributed by atoms with Crippen molar-refractivity contribution in [3.05, 3.63) is 23.8 Å². The van der Waals surface area contributed by atoms with Gasteiger partial charge in [-0.3, -0.25) is 0 Å². The van der Waals surface area contributed by atoms with Crippen LogP contribution in [0, 0.1) is 10.8 Å². The molecule has 0 N–H and O–H groups in total. The summed E-state index contributed by atoms with van der Waals surface area (Å²) in [5.41, 5.74) is 3.06. The van der Waals surface area contributed by atoms with Crippen molar-refractivity contribution in [3.63, 3.8) is 0 Å². The van der Waals surface area contributed by atoms with E-state index in [4.69, 9.17) is 0 Å². The van der Waals surface area contributed by atoms with E-state index in [0.29, 0.717) is 0 Å². The van der Waals surface area contributed by atoms with E-state index < -0.39 is 0 Å². The van der Waals surface area contributed by atoms with Gasteiger partial charge >= 0.3 is 0 Å². The van der Waals surface area contributed by atoms with Crippen molar-refractivity contribution in [2.24, 2.45) is 10.8 Å². The van der Waals surface area contributed by atoms with Crippen molar-refractivity contribution in [2.75, 3.05) is 0 Å². The van der Waals surface area contributed by atoms with Gasteiger partial charge in [-0.25, -0.2) is 0 Å². The van der Waals surface area contributed by atoms with Crippen LogP contribution in [0.2, 0.25) is 0 Å². The highest BCUT2D eigenvalue weighted by molar-refractivity contribution is 5.32. The molecule has 0 unspecified atom stereocenters. The van der Waals surface area contributed by atoms with Gasteiger partial charge in [0.1, 0.15) is 0 Å². The summed E-state index contributed by atoms with van der Waals surface area (Å²) in [6.07, 6.45) is 3.52. The lowest BCUT2D eigenvalue weighted by molar-refractivity contribution is 0.454. The second-order valence-electron chi connectivity index (χ2n) is 5.90. The Bertz CT molecular complexity index is 233. The molecule has 0 saturated carbocycles. The van der Waals surface area contributed by atoms with Crippen LogP contribution in [-0.4, -0.2) is 0 Å². The molecule has 0 nitrogen and oxygen atoms in total. The molecule has 0 radical (unpaired) electrons. The van der Waals surface area contributed by atoms with Gasteiger partial charge in [-0.15, -0.1) is 0 Å². The first kappa shape index (κ1) is 13.5. The minimum absolute atomic E-state index is 0.185. The zero-order chi connectivity index (χ0) is 11.6. The van der Waals surface area contributed by atoms with Gasteiger partial charge in [-0.2, -0.15) is 0 Å². The van der Waals surface area contributed by atoms with Crippen LogP contribution in [0.1, 0.15) is 54.9 Å². The summed E-state index contributed by atoms with van der Waals surface area (Å²) in [6.45, 7) is 19.8. The summed E-state index contributed by atoms with van der Waals surface area (Å²) in [5, 5.41) is 0. The van der Waals surface area contributed by atoms with Gasteiger partial charge in [0.25, 0.3) is 0 Å². The Labute approximate surface area is 90.1 Å². The molecule has 0 aromatic carbocycles. The normalized spacial score (nSPS) is 14.4. The van der Waals surface area contributed by atoms with Gasteiger partial charge < -0.3 is 0 Å². The zero-order valence-electron chi connectivity index (χ0n) is 11.0. The Morgan fingerprint density at radius 1 is 1.14 bits per heavy atom. The maximum Gasteiger partial charge on any atom is -0.0135 e. The molecule has 0 aliphatic rings. The summed E-state index contributed by atoms with van der Waals surface area (Å²) in [5.74, 6) is 0. The third-order valence-electron chi connectivity index (χ3n) is 2.90. The molecule has 0 saturated heterocycles. The van der Waals surface area contributed by atoms with Crippen LogP contribution >= 0.6 is 0 Å². The standard InChI is InChI=1S/C14H26/c1-9-14(7,8)10-11(2)12(3)13(4,5)6/h10H,3,9H2,1-2,4-8H3/b11-10+. The first-order chi connectivity index (χ1) is 6.10. The van der Waals surface area contributed by atoms with E-state index in [1.54, 1.807) is 0 Å². The number of hydrogen-bond acceptors (Lipinski definition) is 0. The maximum atomic E-state index is 4.18. The second-order valence-corrected chi connectivity index (χ2v) is 5.90.